The Morgan fingerprint density at radius 3 is 2.67 bits per heavy atom. The van der Waals surface area contributed by atoms with Crippen LogP contribution in [0.15, 0.2) is 12.1 Å². The van der Waals surface area contributed by atoms with E-state index in [9.17, 15) is 14.0 Å². The maximum atomic E-state index is 13.7. The number of carboxylic acid groups (broad SMARTS) is 1. The highest BCUT2D eigenvalue weighted by atomic mass is 35.5. The average Bonchev–Trinajstić information content (AvgIpc) is 2.54. The predicted octanol–water partition coefficient (Wildman–Crippen LogP) is 3.68. The van der Waals surface area contributed by atoms with Gasteiger partial charge >= 0.3 is 5.97 Å². The van der Waals surface area contributed by atoms with Crippen molar-refractivity contribution >= 4 is 35.1 Å². The van der Waals surface area contributed by atoms with E-state index in [1.165, 1.54) is 12.1 Å². The van der Waals surface area contributed by atoms with Crippen LogP contribution in [0.2, 0.25) is 10.0 Å². The summed E-state index contributed by atoms with van der Waals surface area (Å²) >= 11 is 11.8. The number of carbonyl (C=O) groups excluding carboxylic acids is 1. The number of amides is 1. The SMILES string of the molecule is O=C(O)CCCCC(=O)N1CCOC(c2cc(F)c(Cl)cc2Cl)C1. The van der Waals surface area contributed by atoms with Gasteiger partial charge in [0.1, 0.15) is 11.9 Å². The third-order valence-corrected chi connectivity index (χ3v) is 4.45. The van der Waals surface area contributed by atoms with Crippen LogP contribution in [-0.4, -0.2) is 41.6 Å². The number of rotatable bonds is 6. The molecule has 5 nitrogen and oxygen atoms in total. The molecule has 0 saturated carbocycles. The van der Waals surface area contributed by atoms with Crippen LogP contribution in [-0.2, 0) is 14.3 Å². The van der Waals surface area contributed by atoms with Crippen molar-refractivity contribution in [2.24, 2.45) is 0 Å². The summed E-state index contributed by atoms with van der Waals surface area (Å²) in [5.41, 5.74) is 0.460. The zero-order chi connectivity index (χ0) is 17.7. The van der Waals surface area contributed by atoms with E-state index in [2.05, 4.69) is 0 Å². The molecule has 0 bridgehead atoms. The van der Waals surface area contributed by atoms with Gasteiger partial charge in [0.15, 0.2) is 0 Å². The van der Waals surface area contributed by atoms with Crippen LogP contribution in [0.1, 0.15) is 37.4 Å². The zero-order valence-corrected chi connectivity index (χ0v) is 14.4. The maximum Gasteiger partial charge on any atom is 0.303 e. The molecule has 132 valence electrons. The fourth-order valence-corrected chi connectivity index (χ4v) is 3.06. The molecule has 0 aliphatic carbocycles. The third-order valence-electron chi connectivity index (χ3n) is 3.84. The van der Waals surface area contributed by atoms with E-state index in [4.69, 9.17) is 33.0 Å². The van der Waals surface area contributed by atoms with E-state index < -0.39 is 17.9 Å². The minimum absolute atomic E-state index is 0.0542. The predicted molar refractivity (Wildman–Crippen MR) is 87.8 cm³/mol. The van der Waals surface area contributed by atoms with Crippen LogP contribution in [0.3, 0.4) is 0 Å². The Labute approximate surface area is 149 Å². The van der Waals surface area contributed by atoms with Crippen LogP contribution in [0.5, 0.6) is 0 Å². The monoisotopic (exact) mass is 377 g/mol. The molecule has 1 aliphatic heterocycles. The first kappa shape index (κ1) is 19.0. The second kappa shape index (κ2) is 8.65. The Morgan fingerprint density at radius 2 is 1.96 bits per heavy atom. The lowest BCUT2D eigenvalue weighted by Gasteiger charge is -2.33. The molecule has 0 aromatic heterocycles. The Balaban J connectivity index is 1.95. The summed E-state index contributed by atoms with van der Waals surface area (Å²) in [6.45, 7) is 1.05. The van der Waals surface area contributed by atoms with Gasteiger partial charge in [0, 0.05) is 30.0 Å². The van der Waals surface area contributed by atoms with E-state index in [0.717, 1.165) is 0 Å². The Kier molecular flexibility index (Phi) is 6.83. The molecule has 8 heteroatoms. The van der Waals surface area contributed by atoms with Crippen LogP contribution < -0.4 is 0 Å². The molecule has 24 heavy (non-hydrogen) atoms. The summed E-state index contributed by atoms with van der Waals surface area (Å²) in [4.78, 5) is 24.3. The number of hydrogen-bond acceptors (Lipinski definition) is 3. The smallest absolute Gasteiger partial charge is 0.303 e. The molecule has 1 fully saturated rings. The number of hydrogen-bond donors (Lipinski definition) is 1. The number of nitrogens with zero attached hydrogens (tertiary/aromatic N) is 1. The number of unbranched alkanes of at least 4 members (excludes halogenated alkanes) is 1. The van der Waals surface area contributed by atoms with Gasteiger partial charge in [-0.15, -0.1) is 0 Å². The molecule has 1 aromatic carbocycles. The fourth-order valence-electron chi connectivity index (χ4n) is 2.56. The van der Waals surface area contributed by atoms with Crippen molar-refractivity contribution in [1.29, 1.82) is 0 Å². The standard InChI is InChI=1S/C16H18Cl2FNO4/c17-11-8-12(18)13(19)7-10(11)14-9-20(5-6-24-14)15(21)3-1-2-4-16(22)23/h7-8,14H,1-6,9H2,(H,22,23). The lowest BCUT2D eigenvalue weighted by atomic mass is 10.1. The second-order valence-electron chi connectivity index (χ2n) is 5.59. The highest BCUT2D eigenvalue weighted by Crippen LogP contribution is 2.32. The number of carboxylic acids is 1. The minimum Gasteiger partial charge on any atom is -0.481 e. The van der Waals surface area contributed by atoms with E-state index in [0.29, 0.717) is 36.6 Å². The van der Waals surface area contributed by atoms with E-state index >= 15 is 0 Å². The van der Waals surface area contributed by atoms with E-state index in [1.54, 1.807) is 4.90 Å². The first-order chi connectivity index (χ1) is 11.4. The van der Waals surface area contributed by atoms with Crippen LogP contribution in [0.4, 0.5) is 4.39 Å². The van der Waals surface area contributed by atoms with Crippen molar-refractivity contribution in [3.63, 3.8) is 0 Å². The van der Waals surface area contributed by atoms with Crippen molar-refractivity contribution < 1.29 is 23.8 Å². The number of ether oxygens (including phenoxy) is 1. The fraction of sp³-hybridized carbons (Fsp3) is 0.500. The van der Waals surface area contributed by atoms with Gasteiger partial charge in [-0.1, -0.05) is 23.2 Å². The summed E-state index contributed by atoms with van der Waals surface area (Å²) in [7, 11) is 0. The minimum atomic E-state index is -0.867. The Bertz CT molecular complexity index is 626. The molecular formula is C16H18Cl2FNO4. The summed E-state index contributed by atoms with van der Waals surface area (Å²) in [6.07, 6.45) is 0.800. The molecular weight excluding hydrogens is 360 g/mol. The van der Waals surface area contributed by atoms with Crippen molar-refractivity contribution in [3.8, 4) is 0 Å². The molecule has 1 amide bonds. The first-order valence-corrected chi connectivity index (χ1v) is 8.39. The van der Waals surface area contributed by atoms with Crippen LogP contribution in [0, 0.1) is 5.82 Å². The summed E-state index contributed by atoms with van der Waals surface area (Å²) in [5.74, 6) is -1.52. The van der Waals surface area contributed by atoms with Gasteiger partial charge in [0.25, 0.3) is 0 Å². The van der Waals surface area contributed by atoms with Crippen LogP contribution >= 0.6 is 23.2 Å². The lowest BCUT2D eigenvalue weighted by Crippen LogP contribution is -2.42. The second-order valence-corrected chi connectivity index (χ2v) is 6.40. The summed E-state index contributed by atoms with van der Waals surface area (Å²) in [6, 6.07) is 2.56. The maximum absolute atomic E-state index is 13.7. The molecule has 0 spiro atoms. The number of carbonyl (C=O) groups is 2. The van der Waals surface area contributed by atoms with E-state index in [1.807, 2.05) is 0 Å². The highest BCUT2D eigenvalue weighted by Gasteiger charge is 2.27. The third kappa shape index (κ3) is 5.06. The van der Waals surface area contributed by atoms with Gasteiger partial charge in [0.05, 0.1) is 18.2 Å². The Hall–Kier alpha value is -1.37. The van der Waals surface area contributed by atoms with Gasteiger partial charge in [-0.25, -0.2) is 4.39 Å². The van der Waals surface area contributed by atoms with Gasteiger partial charge in [-0.2, -0.15) is 0 Å². The van der Waals surface area contributed by atoms with Crippen molar-refractivity contribution in [3.05, 3.63) is 33.6 Å². The molecule has 1 unspecified atom stereocenters. The van der Waals surface area contributed by atoms with Gasteiger partial charge in [-0.3, -0.25) is 9.59 Å². The average molecular weight is 378 g/mol. The molecule has 1 aromatic rings. The summed E-state index contributed by atoms with van der Waals surface area (Å²) in [5, 5.41) is 8.82. The molecule has 0 radical (unpaired) electrons. The number of benzene rings is 1. The largest absolute Gasteiger partial charge is 0.481 e. The lowest BCUT2D eigenvalue weighted by molar-refractivity contribution is -0.140. The van der Waals surface area contributed by atoms with Gasteiger partial charge < -0.3 is 14.7 Å². The Morgan fingerprint density at radius 1 is 1.25 bits per heavy atom. The van der Waals surface area contributed by atoms with Crippen molar-refractivity contribution in [2.45, 2.75) is 31.8 Å². The van der Waals surface area contributed by atoms with Crippen molar-refractivity contribution in [2.75, 3.05) is 19.7 Å². The van der Waals surface area contributed by atoms with Crippen LogP contribution in [0.25, 0.3) is 0 Å². The normalized spacial score (nSPS) is 17.8. The number of aliphatic carboxylic acids is 1. The molecule has 2 rings (SSSR count). The quantitative estimate of drug-likeness (QED) is 0.606. The van der Waals surface area contributed by atoms with E-state index in [-0.39, 0.29) is 30.3 Å². The number of morpholine rings is 1. The molecule has 1 atom stereocenters. The van der Waals surface area contributed by atoms with Gasteiger partial charge in [-0.05, 0) is 25.0 Å². The van der Waals surface area contributed by atoms with Crippen molar-refractivity contribution in [1.82, 2.24) is 4.90 Å². The summed E-state index contributed by atoms with van der Waals surface area (Å²) < 4.78 is 19.3. The highest BCUT2D eigenvalue weighted by molar-refractivity contribution is 6.35. The number of halogens is 3. The zero-order valence-electron chi connectivity index (χ0n) is 12.9. The topological polar surface area (TPSA) is 66.8 Å². The molecule has 1 N–H and O–H groups in total. The first-order valence-electron chi connectivity index (χ1n) is 7.64. The molecule has 1 heterocycles. The molecule has 1 aliphatic rings. The molecule has 1 saturated heterocycles. The van der Waals surface area contributed by atoms with Gasteiger partial charge in [0.2, 0.25) is 5.91 Å².